The number of methoxy groups -OCH3 is 1. The molecule has 0 aromatic heterocycles. The Labute approximate surface area is 113 Å². The molecule has 1 fully saturated rings. The van der Waals surface area contributed by atoms with E-state index in [9.17, 15) is 4.79 Å². The molecule has 0 amide bonds. The van der Waals surface area contributed by atoms with Gasteiger partial charge in [0.25, 0.3) is 0 Å². The van der Waals surface area contributed by atoms with E-state index in [-0.39, 0.29) is 0 Å². The Bertz CT molecular complexity index is 486. The van der Waals surface area contributed by atoms with Gasteiger partial charge in [0.2, 0.25) is 6.08 Å². The molecule has 2 rings (SSSR count). The van der Waals surface area contributed by atoms with E-state index in [1.54, 1.807) is 13.2 Å². The van der Waals surface area contributed by atoms with Crippen LogP contribution in [0.15, 0.2) is 23.2 Å². The second kappa shape index (κ2) is 5.89. The van der Waals surface area contributed by atoms with Crippen LogP contribution in [-0.4, -0.2) is 19.8 Å². The second-order valence-corrected chi connectivity index (χ2v) is 4.74. The monoisotopic (exact) mass is 261 g/mol. The van der Waals surface area contributed by atoms with Gasteiger partial charge < -0.3 is 9.47 Å². The highest BCUT2D eigenvalue weighted by Gasteiger charge is 2.38. The summed E-state index contributed by atoms with van der Waals surface area (Å²) < 4.78 is 10.9. The minimum absolute atomic E-state index is 0.460. The van der Waals surface area contributed by atoms with E-state index in [4.69, 9.17) is 9.47 Å². The first-order valence-electron chi connectivity index (χ1n) is 6.66. The first-order valence-corrected chi connectivity index (χ1v) is 6.66. The van der Waals surface area contributed by atoms with Gasteiger partial charge in [0, 0.05) is 11.6 Å². The first kappa shape index (κ1) is 13.6. The normalized spacial score (nSPS) is 16.7. The third kappa shape index (κ3) is 2.64. The molecule has 0 heterocycles. The lowest BCUT2D eigenvalue weighted by Gasteiger charge is -2.25. The van der Waals surface area contributed by atoms with Crippen LogP contribution >= 0.6 is 0 Å². The molecule has 4 heteroatoms. The molecule has 1 aliphatic rings. The number of hydrogen-bond acceptors (Lipinski definition) is 4. The molecular weight excluding hydrogens is 242 g/mol. The number of hydrogen-bond donors (Lipinski definition) is 0. The Morgan fingerprint density at radius 2 is 2.11 bits per heavy atom. The number of rotatable bonds is 5. The maximum atomic E-state index is 10.8. The van der Waals surface area contributed by atoms with E-state index in [0.29, 0.717) is 6.61 Å². The fourth-order valence-electron chi connectivity index (χ4n) is 2.78. The molecule has 102 valence electrons. The number of isocyanates is 1. The Balaban J connectivity index is 2.49. The summed E-state index contributed by atoms with van der Waals surface area (Å²) in [7, 11) is 1.62. The third-order valence-electron chi connectivity index (χ3n) is 3.68. The molecule has 0 N–H and O–H groups in total. The Morgan fingerprint density at radius 3 is 2.68 bits per heavy atom. The van der Waals surface area contributed by atoms with Crippen LogP contribution in [0.25, 0.3) is 0 Å². The van der Waals surface area contributed by atoms with Crippen molar-refractivity contribution in [1.29, 1.82) is 0 Å². The van der Waals surface area contributed by atoms with Crippen molar-refractivity contribution in [1.82, 2.24) is 0 Å². The highest BCUT2D eigenvalue weighted by atomic mass is 16.5. The van der Waals surface area contributed by atoms with Crippen molar-refractivity contribution in [3.8, 4) is 11.5 Å². The van der Waals surface area contributed by atoms with E-state index < -0.39 is 5.54 Å². The standard InChI is InChI=1S/C15H19NO3/c1-3-19-14-10-12(18-2)6-7-13(14)15(16-11-17)8-4-5-9-15/h6-7,10H,3-5,8-9H2,1-2H3. The molecule has 0 aliphatic heterocycles. The van der Waals surface area contributed by atoms with E-state index in [1.807, 2.05) is 25.1 Å². The predicted octanol–water partition coefficient (Wildman–Crippen LogP) is 3.20. The van der Waals surface area contributed by atoms with Crippen LogP contribution in [0.2, 0.25) is 0 Å². The molecule has 0 saturated heterocycles. The van der Waals surface area contributed by atoms with Crippen molar-refractivity contribution in [3.05, 3.63) is 23.8 Å². The highest BCUT2D eigenvalue weighted by molar-refractivity contribution is 5.48. The topological polar surface area (TPSA) is 47.9 Å². The first-order chi connectivity index (χ1) is 9.25. The number of ether oxygens (including phenoxy) is 2. The van der Waals surface area contributed by atoms with Gasteiger partial charge in [-0.2, -0.15) is 4.99 Å². The van der Waals surface area contributed by atoms with Gasteiger partial charge in [-0.05, 0) is 31.9 Å². The molecule has 19 heavy (non-hydrogen) atoms. The van der Waals surface area contributed by atoms with Crippen LogP contribution in [0.3, 0.4) is 0 Å². The molecule has 0 unspecified atom stereocenters. The average molecular weight is 261 g/mol. The van der Waals surface area contributed by atoms with E-state index >= 15 is 0 Å². The lowest BCUT2D eigenvalue weighted by molar-refractivity contribution is 0.319. The SMILES string of the molecule is CCOc1cc(OC)ccc1C1(N=C=O)CCCC1. The second-order valence-electron chi connectivity index (χ2n) is 4.74. The van der Waals surface area contributed by atoms with Crippen LogP contribution < -0.4 is 9.47 Å². The van der Waals surface area contributed by atoms with Crippen LogP contribution in [0.1, 0.15) is 38.2 Å². The van der Waals surface area contributed by atoms with Gasteiger partial charge in [-0.25, -0.2) is 4.79 Å². The summed E-state index contributed by atoms with van der Waals surface area (Å²) in [5.74, 6) is 1.50. The predicted molar refractivity (Wildman–Crippen MR) is 72.4 cm³/mol. The summed E-state index contributed by atoms with van der Waals surface area (Å²) in [5.41, 5.74) is 0.509. The maximum Gasteiger partial charge on any atom is 0.235 e. The summed E-state index contributed by atoms with van der Waals surface area (Å²) in [4.78, 5) is 14.9. The molecule has 0 bridgehead atoms. The van der Waals surface area contributed by atoms with Crippen LogP contribution in [0.4, 0.5) is 0 Å². The van der Waals surface area contributed by atoms with Crippen molar-refractivity contribution in [2.45, 2.75) is 38.1 Å². The maximum absolute atomic E-state index is 10.8. The quantitative estimate of drug-likeness (QED) is 0.604. The number of aliphatic imine (C=N–C) groups is 1. The average Bonchev–Trinajstić information content (AvgIpc) is 2.89. The van der Waals surface area contributed by atoms with E-state index in [1.165, 1.54) is 0 Å². The largest absolute Gasteiger partial charge is 0.497 e. The summed E-state index contributed by atoms with van der Waals surface area (Å²) in [6, 6.07) is 5.70. The minimum Gasteiger partial charge on any atom is -0.497 e. The third-order valence-corrected chi connectivity index (χ3v) is 3.68. The smallest absolute Gasteiger partial charge is 0.235 e. The molecule has 1 aliphatic carbocycles. The Morgan fingerprint density at radius 1 is 1.37 bits per heavy atom. The number of nitrogens with zero attached hydrogens (tertiary/aromatic N) is 1. The van der Waals surface area contributed by atoms with Crippen molar-refractivity contribution in [3.63, 3.8) is 0 Å². The number of carbonyl (C=O) groups excluding carboxylic acids is 1. The van der Waals surface area contributed by atoms with Crippen LogP contribution in [0, 0.1) is 0 Å². The van der Waals surface area contributed by atoms with Crippen LogP contribution in [-0.2, 0) is 10.3 Å². The summed E-state index contributed by atoms with van der Waals surface area (Å²) in [6.45, 7) is 2.51. The van der Waals surface area contributed by atoms with Gasteiger partial charge >= 0.3 is 0 Å². The van der Waals surface area contributed by atoms with Gasteiger partial charge in [-0.3, -0.25) is 0 Å². The van der Waals surface area contributed by atoms with Crippen molar-refractivity contribution < 1.29 is 14.3 Å². The Kier molecular flexibility index (Phi) is 4.23. The molecule has 0 spiro atoms. The van der Waals surface area contributed by atoms with Gasteiger partial charge in [0.05, 0.1) is 13.7 Å². The van der Waals surface area contributed by atoms with Gasteiger partial charge in [0.1, 0.15) is 17.0 Å². The molecule has 1 saturated carbocycles. The van der Waals surface area contributed by atoms with Crippen molar-refractivity contribution in [2.75, 3.05) is 13.7 Å². The molecule has 0 atom stereocenters. The fourth-order valence-corrected chi connectivity index (χ4v) is 2.78. The zero-order valence-electron chi connectivity index (χ0n) is 11.4. The lowest BCUT2D eigenvalue weighted by Crippen LogP contribution is -2.20. The van der Waals surface area contributed by atoms with Crippen molar-refractivity contribution in [2.24, 2.45) is 4.99 Å². The Hall–Kier alpha value is -1.80. The molecular formula is C15H19NO3. The lowest BCUT2D eigenvalue weighted by atomic mass is 9.88. The van der Waals surface area contributed by atoms with Crippen molar-refractivity contribution >= 4 is 6.08 Å². The molecule has 4 nitrogen and oxygen atoms in total. The molecule has 1 aromatic rings. The van der Waals surface area contributed by atoms with Gasteiger partial charge in [-0.15, -0.1) is 0 Å². The number of benzene rings is 1. The zero-order valence-corrected chi connectivity index (χ0v) is 11.4. The van der Waals surface area contributed by atoms with Gasteiger partial charge in [-0.1, -0.05) is 12.8 Å². The summed E-state index contributed by atoms with van der Waals surface area (Å²) in [6.07, 6.45) is 5.62. The fraction of sp³-hybridized carbons (Fsp3) is 0.533. The summed E-state index contributed by atoms with van der Waals surface area (Å²) >= 11 is 0. The minimum atomic E-state index is -0.460. The highest BCUT2D eigenvalue weighted by Crippen LogP contribution is 2.46. The summed E-state index contributed by atoms with van der Waals surface area (Å²) in [5, 5.41) is 0. The molecule has 0 radical (unpaired) electrons. The zero-order chi connectivity index (χ0) is 13.7. The molecule has 1 aromatic carbocycles. The van der Waals surface area contributed by atoms with Crippen LogP contribution in [0.5, 0.6) is 11.5 Å². The van der Waals surface area contributed by atoms with E-state index in [2.05, 4.69) is 4.99 Å². The van der Waals surface area contributed by atoms with E-state index in [0.717, 1.165) is 42.7 Å². The van der Waals surface area contributed by atoms with Gasteiger partial charge in [0.15, 0.2) is 0 Å².